The number of aromatic nitrogens is 3. The summed E-state index contributed by atoms with van der Waals surface area (Å²) in [6.45, 7) is 0. The van der Waals surface area contributed by atoms with Crippen molar-refractivity contribution in [3.05, 3.63) is 70.2 Å². The minimum atomic E-state index is -2.73. The number of fused-ring (bicyclic) bond motifs is 1. The molecule has 2 heterocycles. The second kappa shape index (κ2) is 7.57. The Morgan fingerprint density at radius 3 is 2.54 bits per heavy atom. The van der Waals surface area contributed by atoms with Gasteiger partial charge in [0.2, 0.25) is 5.13 Å². The molecule has 140 valence electrons. The molecule has 28 heavy (non-hydrogen) atoms. The first-order valence-corrected chi connectivity index (χ1v) is 9.29. The van der Waals surface area contributed by atoms with Crippen LogP contribution in [-0.2, 0) is 0 Å². The van der Waals surface area contributed by atoms with E-state index in [1.54, 1.807) is 48.5 Å². The van der Waals surface area contributed by atoms with Gasteiger partial charge in [-0.1, -0.05) is 53.3 Å². The van der Waals surface area contributed by atoms with Crippen LogP contribution in [0, 0.1) is 0 Å². The van der Waals surface area contributed by atoms with Crippen molar-refractivity contribution in [2.24, 2.45) is 0 Å². The van der Waals surface area contributed by atoms with E-state index in [1.807, 2.05) is 6.07 Å². The van der Waals surface area contributed by atoms with Crippen molar-refractivity contribution >= 4 is 44.9 Å². The summed E-state index contributed by atoms with van der Waals surface area (Å²) in [4.78, 5) is 17.4. The minimum Gasteiger partial charge on any atom is -0.296 e. The summed E-state index contributed by atoms with van der Waals surface area (Å²) in [5.41, 5.74) is 2.36. The second-order valence-corrected chi connectivity index (χ2v) is 7.22. The summed E-state index contributed by atoms with van der Waals surface area (Å²) >= 11 is 6.58. The highest BCUT2D eigenvalue weighted by molar-refractivity contribution is 7.15. The molecule has 0 unspecified atom stereocenters. The Bertz CT molecular complexity index is 1160. The van der Waals surface area contributed by atoms with Crippen molar-refractivity contribution in [3.63, 3.8) is 0 Å². The quantitative estimate of drug-likeness (QED) is 0.470. The standard InChI is InChI=1S/C19H11ClF2N4OS/c20-11-7-5-10(6-8-11)15-9-13(12-3-1-2-4-14(12)23-15)17(27)24-19-26-25-18(28-19)16(21)22/h1-9,16H,(H,24,26,27). The SMILES string of the molecule is O=C(Nc1nnc(C(F)F)s1)c1cc(-c2ccc(Cl)cc2)nc2ccccc12. The van der Waals surface area contributed by atoms with E-state index in [0.717, 1.165) is 5.56 Å². The molecule has 2 aromatic heterocycles. The molecule has 0 atom stereocenters. The third-order valence-corrected chi connectivity index (χ3v) is 5.05. The fraction of sp³-hybridized carbons (Fsp3) is 0.0526. The number of carbonyl (C=O) groups is 1. The molecule has 0 aliphatic rings. The first-order chi connectivity index (χ1) is 13.5. The fourth-order valence-electron chi connectivity index (χ4n) is 2.67. The zero-order valence-corrected chi connectivity index (χ0v) is 15.6. The number of rotatable bonds is 4. The Morgan fingerprint density at radius 1 is 1.07 bits per heavy atom. The lowest BCUT2D eigenvalue weighted by molar-refractivity contribution is 0.102. The Kier molecular flexibility index (Phi) is 4.97. The summed E-state index contributed by atoms with van der Waals surface area (Å²) in [6.07, 6.45) is -2.73. The summed E-state index contributed by atoms with van der Waals surface area (Å²) < 4.78 is 25.4. The molecule has 0 saturated heterocycles. The van der Waals surface area contributed by atoms with Gasteiger partial charge in [0, 0.05) is 16.0 Å². The lowest BCUT2D eigenvalue weighted by Crippen LogP contribution is -2.13. The molecule has 0 aliphatic heterocycles. The summed E-state index contributed by atoms with van der Waals surface area (Å²) in [5.74, 6) is -0.481. The second-order valence-electron chi connectivity index (χ2n) is 5.78. The highest BCUT2D eigenvalue weighted by Gasteiger charge is 2.18. The van der Waals surface area contributed by atoms with Crippen LogP contribution < -0.4 is 5.32 Å². The fourth-order valence-corrected chi connectivity index (χ4v) is 3.39. The Morgan fingerprint density at radius 2 is 1.82 bits per heavy atom. The van der Waals surface area contributed by atoms with Crippen LogP contribution in [0.2, 0.25) is 5.02 Å². The van der Waals surface area contributed by atoms with Gasteiger partial charge in [0.25, 0.3) is 12.3 Å². The zero-order valence-electron chi connectivity index (χ0n) is 14.1. The van der Waals surface area contributed by atoms with Gasteiger partial charge in [-0.25, -0.2) is 13.8 Å². The third-order valence-electron chi connectivity index (χ3n) is 3.95. The van der Waals surface area contributed by atoms with Crippen molar-refractivity contribution < 1.29 is 13.6 Å². The molecule has 4 rings (SSSR count). The molecule has 4 aromatic rings. The normalized spacial score (nSPS) is 11.1. The van der Waals surface area contributed by atoms with Gasteiger partial charge in [-0.05, 0) is 24.3 Å². The molecule has 2 aromatic carbocycles. The van der Waals surface area contributed by atoms with Gasteiger partial charge < -0.3 is 0 Å². The number of alkyl halides is 2. The molecule has 0 radical (unpaired) electrons. The predicted molar refractivity (Wildman–Crippen MR) is 105 cm³/mol. The van der Waals surface area contributed by atoms with Gasteiger partial charge in [0.15, 0.2) is 5.01 Å². The van der Waals surface area contributed by atoms with Gasteiger partial charge in [-0.2, -0.15) is 0 Å². The van der Waals surface area contributed by atoms with E-state index in [2.05, 4.69) is 20.5 Å². The minimum absolute atomic E-state index is 0.00855. The van der Waals surface area contributed by atoms with Gasteiger partial charge >= 0.3 is 0 Å². The van der Waals surface area contributed by atoms with Crippen LogP contribution in [0.15, 0.2) is 54.6 Å². The van der Waals surface area contributed by atoms with Crippen molar-refractivity contribution in [1.82, 2.24) is 15.2 Å². The maximum atomic E-state index is 12.8. The van der Waals surface area contributed by atoms with E-state index in [9.17, 15) is 13.6 Å². The molecule has 5 nitrogen and oxygen atoms in total. The number of para-hydroxylation sites is 1. The number of pyridine rings is 1. The monoisotopic (exact) mass is 416 g/mol. The van der Waals surface area contributed by atoms with Crippen molar-refractivity contribution in [1.29, 1.82) is 0 Å². The summed E-state index contributed by atoms with van der Waals surface area (Å²) in [6, 6.07) is 15.9. The van der Waals surface area contributed by atoms with Crippen LogP contribution in [0.3, 0.4) is 0 Å². The molecule has 0 saturated carbocycles. The van der Waals surface area contributed by atoms with Crippen LogP contribution >= 0.6 is 22.9 Å². The number of amides is 1. The average molecular weight is 417 g/mol. The van der Waals surface area contributed by atoms with E-state index in [0.29, 0.717) is 38.5 Å². The first kappa shape index (κ1) is 18.4. The van der Waals surface area contributed by atoms with Crippen molar-refractivity contribution in [2.75, 3.05) is 5.32 Å². The van der Waals surface area contributed by atoms with E-state index in [4.69, 9.17) is 11.6 Å². The Balaban J connectivity index is 1.75. The van der Waals surface area contributed by atoms with Gasteiger partial charge in [-0.15, -0.1) is 10.2 Å². The van der Waals surface area contributed by atoms with E-state index >= 15 is 0 Å². The molecule has 0 bridgehead atoms. The average Bonchev–Trinajstić information content (AvgIpc) is 3.16. The first-order valence-electron chi connectivity index (χ1n) is 8.10. The largest absolute Gasteiger partial charge is 0.296 e. The molecule has 9 heteroatoms. The maximum absolute atomic E-state index is 12.8. The lowest BCUT2D eigenvalue weighted by atomic mass is 10.0. The number of benzene rings is 2. The van der Waals surface area contributed by atoms with Crippen molar-refractivity contribution in [3.8, 4) is 11.3 Å². The van der Waals surface area contributed by atoms with Crippen LogP contribution in [0.4, 0.5) is 13.9 Å². The number of carbonyl (C=O) groups excluding carboxylic acids is 1. The number of anilines is 1. The number of hydrogen-bond acceptors (Lipinski definition) is 5. The number of hydrogen-bond donors (Lipinski definition) is 1. The highest BCUT2D eigenvalue weighted by Crippen LogP contribution is 2.28. The zero-order chi connectivity index (χ0) is 19.7. The number of nitrogens with one attached hydrogen (secondary N) is 1. The number of halogens is 3. The summed E-state index contributed by atoms with van der Waals surface area (Å²) in [7, 11) is 0. The van der Waals surface area contributed by atoms with Gasteiger partial charge in [0.05, 0.1) is 16.8 Å². The molecular formula is C19H11ClF2N4OS. The smallest absolute Gasteiger partial charge is 0.291 e. The molecule has 0 spiro atoms. The van der Waals surface area contributed by atoms with Crippen LogP contribution in [0.25, 0.3) is 22.2 Å². The Labute approximate surface area is 167 Å². The molecule has 0 fully saturated rings. The predicted octanol–water partition coefficient (Wildman–Crippen LogP) is 5.60. The summed E-state index contributed by atoms with van der Waals surface area (Å²) in [5, 5.41) is 10.3. The Hall–Kier alpha value is -2.97. The maximum Gasteiger partial charge on any atom is 0.291 e. The van der Waals surface area contributed by atoms with E-state index in [-0.39, 0.29) is 5.13 Å². The van der Waals surface area contributed by atoms with Crippen LogP contribution in [-0.4, -0.2) is 21.1 Å². The van der Waals surface area contributed by atoms with E-state index < -0.39 is 17.3 Å². The topological polar surface area (TPSA) is 67.8 Å². The van der Waals surface area contributed by atoms with Gasteiger partial charge in [-0.3, -0.25) is 10.1 Å². The third kappa shape index (κ3) is 3.69. The van der Waals surface area contributed by atoms with Crippen LogP contribution in [0.5, 0.6) is 0 Å². The molecule has 1 N–H and O–H groups in total. The number of nitrogens with zero attached hydrogens (tertiary/aromatic N) is 3. The highest BCUT2D eigenvalue weighted by atomic mass is 35.5. The van der Waals surface area contributed by atoms with Gasteiger partial charge in [0.1, 0.15) is 0 Å². The molecule has 1 amide bonds. The van der Waals surface area contributed by atoms with Crippen molar-refractivity contribution in [2.45, 2.75) is 6.43 Å². The molecule has 0 aliphatic carbocycles. The lowest BCUT2D eigenvalue weighted by Gasteiger charge is -2.09. The molecular weight excluding hydrogens is 406 g/mol. The van der Waals surface area contributed by atoms with E-state index in [1.165, 1.54) is 0 Å². The van der Waals surface area contributed by atoms with Crippen LogP contribution in [0.1, 0.15) is 21.8 Å².